The van der Waals surface area contributed by atoms with E-state index in [0.29, 0.717) is 16.6 Å². The number of pyridine rings is 1. The Morgan fingerprint density at radius 1 is 1.30 bits per heavy atom. The number of nitrogens with one attached hydrogen (secondary N) is 2. The number of hydrogen-bond acceptors (Lipinski definition) is 3. The number of anilines is 1. The number of rotatable bonds is 3. The van der Waals surface area contributed by atoms with Gasteiger partial charge in [0, 0.05) is 39.2 Å². The van der Waals surface area contributed by atoms with Crippen LogP contribution < -0.4 is 10.6 Å². The molecule has 118 valence electrons. The number of hydrogen-bond donors (Lipinski definition) is 2. The number of benzene rings is 1. The number of aryl methyl sites for hydroxylation is 1. The zero-order chi connectivity index (χ0) is 16.4. The lowest BCUT2D eigenvalue weighted by Gasteiger charge is -2.09. The average Bonchev–Trinajstić information content (AvgIpc) is 2.82. The van der Waals surface area contributed by atoms with Crippen LogP contribution in [0.15, 0.2) is 36.7 Å². The van der Waals surface area contributed by atoms with Crippen LogP contribution in [0.2, 0.25) is 10.0 Å². The Bertz CT molecular complexity index is 879. The molecule has 0 atom stereocenters. The lowest BCUT2D eigenvalue weighted by Crippen LogP contribution is -2.28. The predicted octanol–water partition coefficient (Wildman–Crippen LogP) is 5.23. The smallest absolute Gasteiger partial charge is 0.319 e. The van der Waals surface area contributed by atoms with Crippen molar-refractivity contribution in [2.75, 3.05) is 5.32 Å². The molecule has 0 saturated heterocycles. The van der Waals surface area contributed by atoms with Gasteiger partial charge in [-0.1, -0.05) is 29.3 Å². The maximum Gasteiger partial charge on any atom is 0.319 e. The number of nitrogens with zero attached hydrogens (tertiary/aromatic N) is 1. The number of aromatic nitrogens is 1. The van der Waals surface area contributed by atoms with Crippen LogP contribution in [0.1, 0.15) is 10.4 Å². The molecule has 1 aromatic carbocycles. The van der Waals surface area contributed by atoms with E-state index < -0.39 is 0 Å². The molecule has 4 nitrogen and oxygen atoms in total. The van der Waals surface area contributed by atoms with E-state index in [-0.39, 0.29) is 6.03 Å². The summed E-state index contributed by atoms with van der Waals surface area (Å²) in [6, 6.07) is 6.80. The number of carbonyl (C=O) groups is 1. The Morgan fingerprint density at radius 2 is 2.13 bits per heavy atom. The van der Waals surface area contributed by atoms with E-state index in [2.05, 4.69) is 15.6 Å². The summed E-state index contributed by atoms with van der Waals surface area (Å²) in [5.74, 6) is 0. The maximum atomic E-state index is 12.2. The minimum Gasteiger partial charge on any atom is -0.334 e. The fourth-order valence-corrected chi connectivity index (χ4v) is 3.69. The second-order valence-corrected chi connectivity index (χ2v) is 7.05. The van der Waals surface area contributed by atoms with Gasteiger partial charge in [-0.2, -0.15) is 0 Å². The van der Waals surface area contributed by atoms with E-state index in [0.717, 1.165) is 26.2 Å². The maximum absolute atomic E-state index is 12.2. The Hall–Kier alpha value is -1.82. The molecule has 0 spiro atoms. The van der Waals surface area contributed by atoms with Crippen molar-refractivity contribution in [3.05, 3.63) is 57.1 Å². The van der Waals surface area contributed by atoms with Crippen molar-refractivity contribution in [3.63, 3.8) is 0 Å². The molecule has 0 aliphatic rings. The highest BCUT2D eigenvalue weighted by Crippen LogP contribution is 2.34. The minimum absolute atomic E-state index is 0.282. The Balaban J connectivity index is 1.70. The van der Waals surface area contributed by atoms with Gasteiger partial charge in [0.25, 0.3) is 0 Å². The topological polar surface area (TPSA) is 54.0 Å². The van der Waals surface area contributed by atoms with Gasteiger partial charge in [-0.15, -0.1) is 11.3 Å². The molecule has 0 unspecified atom stereocenters. The standard InChI is InChI=1S/C16H13Cl2N3OS/c1-9-15(12-4-5-19-8-14(12)23-9)21-16(22)20-7-10-2-3-11(17)6-13(10)18/h2-6,8H,7H2,1H3,(H2,20,21,22). The van der Waals surface area contributed by atoms with Crippen LogP contribution in [0.4, 0.5) is 10.5 Å². The van der Waals surface area contributed by atoms with Gasteiger partial charge in [-0.05, 0) is 30.7 Å². The highest BCUT2D eigenvalue weighted by molar-refractivity contribution is 7.19. The van der Waals surface area contributed by atoms with E-state index in [1.54, 1.807) is 41.9 Å². The van der Waals surface area contributed by atoms with Gasteiger partial charge in [-0.25, -0.2) is 4.79 Å². The van der Waals surface area contributed by atoms with Crippen LogP contribution >= 0.6 is 34.5 Å². The third-order valence-electron chi connectivity index (χ3n) is 3.36. The molecule has 2 amide bonds. The van der Waals surface area contributed by atoms with Gasteiger partial charge in [0.2, 0.25) is 0 Å². The first kappa shape index (κ1) is 16.1. The van der Waals surface area contributed by atoms with Crippen LogP contribution in [-0.2, 0) is 6.54 Å². The molecule has 7 heteroatoms. The van der Waals surface area contributed by atoms with E-state index >= 15 is 0 Å². The molecule has 3 rings (SSSR count). The van der Waals surface area contributed by atoms with Crippen molar-refractivity contribution in [3.8, 4) is 0 Å². The van der Waals surface area contributed by atoms with Gasteiger partial charge >= 0.3 is 6.03 Å². The minimum atomic E-state index is -0.282. The van der Waals surface area contributed by atoms with Gasteiger partial charge in [0.1, 0.15) is 0 Å². The first-order valence-electron chi connectivity index (χ1n) is 6.86. The summed E-state index contributed by atoms with van der Waals surface area (Å²) in [5, 5.41) is 7.78. The molecule has 23 heavy (non-hydrogen) atoms. The van der Waals surface area contributed by atoms with E-state index in [4.69, 9.17) is 23.2 Å². The van der Waals surface area contributed by atoms with E-state index in [9.17, 15) is 4.79 Å². The summed E-state index contributed by atoms with van der Waals surface area (Å²) in [7, 11) is 0. The third kappa shape index (κ3) is 3.58. The van der Waals surface area contributed by atoms with Crippen LogP contribution in [0.5, 0.6) is 0 Å². The normalized spacial score (nSPS) is 10.7. The molecule has 0 aliphatic carbocycles. The molecule has 0 radical (unpaired) electrons. The zero-order valence-electron chi connectivity index (χ0n) is 12.2. The van der Waals surface area contributed by atoms with Crippen molar-refractivity contribution in [1.29, 1.82) is 0 Å². The van der Waals surface area contributed by atoms with Crippen molar-refractivity contribution in [2.45, 2.75) is 13.5 Å². The molecule has 0 aliphatic heterocycles. The van der Waals surface area contributed by atoms with E-state index in [1.807, 2.05) is 13.0 Å². The fraction of sp³-hybridized carbons (Fsp3) is 0.125. The Labute approximate surface area is 147 Å². The summed E-state index contributed by atoms with van der Waals surface area (Å²) in [4.78, 5) is 17.3. The number of thiophene rings is 1. The molecule has 2 aromatic heterocycles. The van der Waals surface area contributed by atoms with Gasteiger partial charge in [0.05, 0.1) is 10.4 Å². The zero-order valence-corrected chi connectivity index (χ0v) is 14.5. The number of amides is 2. The molecule has 3 aromatic rings. The monoisotopic (exact) mass is 365 g/mol. The molecule has 0 saturated carbocycles. The Kier molecular flexibility index (Phi) is 4.71. The first-order valence-corrected chi connectivity index (χ1v) is 8.43. The molecule has 2 N–H and O–H groups in total. The molecule has 2 heterocycles. The summed E-state index contributed by atoms with van der Waals surface area (Å²) in [6.07, 6.45) is 3.51. The molecule has 0 bridgehead atoms. The average molecular weight is 366 g/mol. The lowest BCUT2D eigenvalue weighted by atomic mass is 10.2. The first-order chi connectivity index (χ1) is 11.0. The highest BCUT2D eigenvalue weighted by Gasteiger charge is 2.12. The van der Waals surface area contributed by atoms with Gasteiger partial charge < -0.3 is 10.6 Å². The van der Waals surface area contributed by atoms with Gasteiger partial charge in [0.15, 0.2) is 0 Å². The van der Waals surface area contributed by atoms with Crippen LogP contribution in [0.3, 0.4) is 0 Å². The molecular formula is C16H13Cl2N3OS. The SMILES string of the molecule is Cc1sc2cnccc2c1NC(=O)NCc1ccc(Cl)cc1Cl. The molecule has 0 fully saturated rings. The second kappa shape index (κ2) is 6.74. The van der Waals surface area contributed by atoms with Crippen LogP contribution in [0.25, 0.3) is 10.1 Å². The number of halogens is 2. The number of carbonyl (C=O) groups excluding carboxylic acids is 1. The van der Waals surface area contributed by atoms with Crippen molar-refractivity contribution in [2.24, 2.45) is 0 Å². The largest absolute Gasteiger partial charge is 0.334 e. The van der Waals surface area contributed by atoms with Crippen molar-refractivity contribution >= 4 is 56.3 Å². The summed E-state index contributed by atoms with van der Waals surface area (Å²) >= 11 is 13.6. The summed E-state index contributed by atoms with van der Waals surface area (Å²) < 4.78 is 1.04. The second-order valence-electron chi connectivity index (χ2n) is 4.95. The Morgan fingerprint density at radius 3 is 2.91 bits per heavy atom. The third-order valence-corrected chi connectivity index (χ3v) is 5.00. The van der Waals surface area contributed by atoms with Crippen LogP contribution in [0, 0.1) is 6.92 Å². The van der Waals surface area contributed by atoms with Crippen molar-refractivity contribution < 1.29 is 4.79 Å². The lowest BCUT2D eigenvalue weighted by molar-refractivity contribution is 0.252. The summed E-state index contributed by atoms with van der Waals surface area (Å²) in [5.41, 5.74) is 1.62. The highest BCUT2D eigenvalue weighted by atomic mass is 35.5. The number of fused-ring (bicyclic) bond motifs is 1. The fourth-order valence-electron chi connectivity index (χ4n) is 2.23. The quantitative estimate of drug-likeness (QED) is 0.667. The molecular weight excluding hydrogens is 353 g/mol. The van der Waals surface area contributed by atoms with Crippen LogP contribution in [-0.4, -0.2) is 11.0 Å². The summed E-state index contributed by atoms with van der Waals surface area (Å²) in [6.45, 7) is 2.29. The van der Waals surface area contributed by atoms with Gasteiger partial charge in [-0.3, -0.25) is 4.98 Å². The van der Waals surface area contributed by atoms with Crippen molar-refractivity contribution in [1.82, 2.24) is 10.3 Å². The van der Waals surface area contributed by atoms with E-state index in [1.165, 1.54) is 0 Å². The predicted molar refractivity (Wildman–Crippen MR) is 96.7 cm³/mol. The number of urea groups is 1.